The summed E-state index contributed by atoms with van der Waals surface area (Å²) in [5.41, 5.74) is 2.72. The van der Waals surface area contributed by atoms with Crippen molar-refractivity contribution in [2.24, 2.45) is 0 Å². The molecule has 1 unspecified atom stereocenters. The van der Waals surface area contributed by atoms with Crippen LogP contribution >= 0.6 is 11.9 Å². The van der Waals surface area contributed by atoms with E-state index in [4.69, 9.17) is 4.74 Å². The first-order valence-electron chi connectivity index (χ1n) is 8.06. The number of hydrogen-bond donors (Lipinski definition) is 0. The lowest BCUT2D eigenvalue weighted by Gasteiger charge is -2.34. The van der Waals surface area contributed by atoms with Crippen molar-refractivity contribution in [1.29, 1.82) is 0 Å². The van der Waals surface area contributed by atoms with Gasteiger partial charge >= 0.3 is 0 Å². The summed E-state index contributed by atoms with van der Waals surface area (Å²) in [6, 6.07) is 3.86. The first kappa shape index (κ1) is 16.1. The Morgan fingerprint density at radius 2 is 2.12 bits per heavy atom. The predicted octanol–water partition coefficient (Wildman–Crippen LogP) is 3.52. The molecule has 4 nitrogen and oxygen atoms in total. The van der Waals surface area contributed by atoms with Crippen molar-refractivity contribution >= 4 is 11.9 Å². The normalized spacial score (nSPS) is 24.3. The van der Waals surface area contributed by atoms with E-state index in [2.05, 4.69) is 16.2 Å². The van der Waals surface area contributed by atoms with E-state index in [0.29, 0.717) is 24.6 Å². The summed E-state index contributed by atoms with van der Waals surface area (Å²) in [4.78, 5) is 2.36. The van der Waals surface area contributed by atoms with Crippen LogP contribution in [-0.4, -0.2) is 33.0 Å². The summed E-state index contributed by atoms with van der Waals surface area (Å²) in [6.45, 7) is 2.24. The Bertz CT molecular complexity index is 720. The minimum atomic E-state index is -0.423. The Morgan fingerprint density at radius 3 is 2.83 bits per heavy atom. The Hall–Kier alpha value is -1.44. The van der Waals surface area contributed by atoms with Gasteiger partial charge in [-0.1, -0.05) is 0 Å². The number of ether oxygens (including phenoxy) is 1. The average molecular weight is 351 g/mol. The number of rotatable bonds is 3. The van der Waals surface area contributed by atoms with Crippen molar-refractivity contribution < 1.29 is 13.5 Å². The van der Waals surface area contributed by atoms with E-state index in [1.54, 1.807) is 11.9 Å². The summed E-state index contributed by atoms with van der Waals surface area (Å²) in [5, 5.41) is 4.54. The van der Waals surface area contributed by atoms with Gasteiger partial charge in [0.1, 0.15) is 11.6 Å². The summed E-state index contributed by atoms with van der Waals surface area (Å²) < 4.78 is 35.0. The molecule has 0 saturated carbocycles. The van der Waals surface area contributed by atoms with Gasteiger partial charge in [-0.15, -0.1) is 0 Å². The van der Waals surface area contributed by atoms with Gasteiger partial charge in [0.05, 0.1) is 18.4 Å². The molecule has 0 spiro atoms. The summed E-state index contributed by atoms with van der Waals surface area (Å²) in [6.07, 6.45) is 5.33. The van der Waals surface area contributed by atoms with E-state index in [1.807, 2.05) is 10.3 Å². The fourth-order valence-corrected chi connectivity index (χ4v) is 3.95. The molecule has 7 heteroatoms. The number of nitrogens with zero attached hydrogens (tertiary/aromatic N) is 3. The molecule has 0 amide bonds. The largest absolute Gasteiger partial charge is 0.372 e. The zero-order chi connectivity index (χ0) is 16.7. The van der Waals surface area contributed by atoms with Crippen LogP contribution < -0.4 is 0 Å². The van der Waals surface area contributed by atoms with E-state index in [0.717, 1.165) is 31.3 Å². The Morgan fingerprint density at radius 1 is 1.25 bits per heavy atom. The maximum Gasteiger partial charge on any atom is 0.129 e. The zero-order valence-corrected chi connectivity index (χ0v) is 14.2. The number of halogens is 2. The van der Waals surface area contributed by atoms with Crippen molar-refractivity contribution in [3.05, 3.63) is 52.9 Å². The molecule has 2 aromatic rings. The molecule has 0 aliphatic carbocycles. The average Bonchev–Trinajstić information content (AvgIpc) is 3.16. The summed E-state index contributed by atoms with van der Waals surface area (Å²) in [7, 11) is 0. The molecule has 2 atom stereocenters. The maximum absolute atomic E-state index is 13.9. The fourth-order valence-electron chi connectivity index (χ4n) is 3.54. The van der Waals surface area contributed by atoms with Crippen LogP contribution in [0.5, 0.6) is 0 Å². The SMILES string of the molecule is CSn1cc2c(n1)CN([C@@H]1CCC(c3cc(F)ccc3F)OC1)C2. The second-order valence-electron chi connectivity index (χ2n) is 6.31. The van der Waals surface area contributed by atoms with Gasteiger partial charge in [-0.25, -0.2) is 12.9 Å². The molecule has 1 fully saturated rings. The highest BCUT2D eigenvalue weighted by atomic mass is 32.2. The van der Waals surface area contributed by atoms with Crippen molar-refractivity contribution in [3.63, 3.8) is 0 Å². The molecule has 0 bridgehead atoms. The van der Waals surface area contributed by atoms with Crippen molar-refractivity contribution in [2.45, 2.75) is 38.1 Å². The quantitative estimate of drug-likeness (QED) is 0.846. The van der Waals surface area contributed by atoms with Crippen LogP contribution in [0.4, 0.5) is 8.78 Å². The van der Waals surface area contributed by atoms with Crippen molar-refractivity contribution in [3.8, 4) is 0 Å². The molecule has 1 aromatic carbocycles. The minimum Gasteiger partial charge on any atom is -0.372 e. The lowest BCUT2D eigenvalue weighted by atomic mass is 9.97. The van der Waals surface area contributed by atoms with E-state index >= 15 is 0 Å². The lowest BCUT2D eigenvalue weighted by molar-refractivity contribution is -0.0413. The minimum absolute atomic E-state index is 0.301. The molecule has 128 valence electrons. The van der Waals surface area contributed by atoms with Gasteiger partial charge in [-0.05, 0) is 43.0 Å². The third-order valence-electron chi connectivity index (χ3n) is 4.84. The van der Waals surface area contributed by atoms with Gasteiger partial charge in [-0.2, -0.15) is 5.10 Å². The van der Waals surface area contributed by atoms with Crippen LogP contribution in [0.3, 0.4) is 0 Å². The van der Waals surface area contributed by atoms with Crippen LogP contribution in [0.25, 0.3) is 0 Å². The second kappa shape index (κ2) is 6.46. The second-order valence-corrected chi connectivity index (χ2v) is 7.05. The van der Waals surface area contributed by atoms with Gasteiger partial charge in [0.15, 0.2) is 0 Å². The predicted molar refractivity (Wildman–Crippen MR) is 88.5 cm³/mol. The fraction of sp³-hybridized carbons (Fsp3) is 0.471. The number of hydrogen-bond acceptors (Lipinski definition) is 4. The highest BCUT2D eigenvalue weighted by Gasteiger charge is 2.33. The smallest absolute Gasteiger partial charge is 0.129 e. The highest BCUT2D eigenvalue weighted by molar-refractivity contribution is 7.97. The third kappa shape index (κ3) is 2.96. The number of fused-ring (bicyclic) bond motifs is 1. The first-order chi connectivity index (χ1) is 11.6. The third-order valence-corrected chi connectivity index (χ3v) is 5.40. The van der Waals surface area contributed by atoms with E-state index in [9.17, 15) is 8.78 Å². The monoisotopic (exact) mass is 351 g/mol. The molecular weight excluding hydrogens is 332 g/mol. The molecule has 0 radical (unpaired) electrons. The van der Waals surface area contributed by atoms with Crippen molar-refractivity contribution in [2.75, 3.05) is 12.9 Å². The molecule has 24 heavy (non-hydrogen) atoms. The van der Waals surface area contributed by atoms with Gasteiger partial charge in [0.2, 0.25) is 0 Å². The van der Waals surface area contributed by atoms with E-state index in [-0.39, 0.29) is 6.10 Å². The Kier molecular flexibility index (Phi) is 4.32. The van der Waals surface area contributed by atoms with Gasteiger partial charge in [0.25, 0.3) is 0 Å². The topological polar surface area (TPSA) is 30.3 Å². The summed E-state index contributed by atoms with van der Waals surface area (Å²) >= 11 is 1.59. The van der Waals surface area contributed by atoms with Crippen LogP contribution in [0, 0.1) is 11.6 Å². The van der Waals surface area contributed by atoms with Gasteiger partial charge < -0.3 is 4.74 Å². The van der Waals surface area contributed by atoms with Crippen LogP contribution in [0.1, 0.15) is 35.8 Å². The van der Waals surface area contributed by atoms with E-state index in [1.165, 1.54) is 17.7 Å². The van der Waals surface area contributed by atoms with Crippen LogP contribution in [0.2, 0.25) is 0 Å². The molecule has 1 aromatic heterocycles. The molecule has 4 rings (SSSR count). The zero-order valence-electron chi connectivity index (χ0n) is 13.4. The van der Waals surface area contributed by atoms with E-state index < -0.39 is 11.6 Å². The highest BCUT2D eigenvalue weighted by Crippen LogP contribution is 2.34. The molecule has 2 aliphatic heterocycles. The maximum atomic E-state index is 13.9. The molecule has 2 aliphatic rings. The molecule has 0 N–H and O–H groups in total. The van der Waals surface area contributed by atoms with Crippen LogP contribution in [0.15, 0.2) is 24.4 Å². The molecule has 1 saturated heterocycles. The van der Waals surface area contributed by atoms with Gasteiger partial charge in [0, 0.05) is 42.7 Å². The number of benzene rings is 1. The lowest BCUT2D eigenvalue weighted by Crippen LogP contribution is -2.38. The van der Waals surface area contributed by atoms with Crippen molar-refractivity contribution in [1.82, 2.24) is 14.1 Å². The molecule has 3 heterocycles. The Labute approximate surface area is 143 Å². The first-order valence-corrected chi connectivity index (χ1v) is 9.24. The molecular formula is C17H19F2N3OS. The Balaban J connectivity index is 1.38. The van der Waals surface area contributed by atoms with Crippen LogP contribution in [-0.2, 0) is 17.8 Å². The van der Waals surface area contributed by atoms with Gasteiger partial charge in [-0.3, -0.25) is 4.90 Å². The summed E-state index contributed by atoms with van der Waals surface area (Å²) in [5.74, 6) is -0.819. The number of aromatic nitrogens is 2. The standard InChI is InChI=1S/C17H19F2N3OS/c1-24-22-8-11-7-21(9-16(11)20-22)13-3-5-17(23-10-13)14-6-12(18)2-4-15(14)19/h2,4,6,8,13,17H,3,5,7,9-10H2,1H3/t13-,17?/m1/s1.